The standard InChI is InChI=1S/C9H9N5O5/c1-12-7-3(8(16)13(2)9(12)17)5(15)4(14(18)19)6(10)11-7/h1-2H3,(H3,10,11,15). The average molecular weight is 267 g/mol. The van der Waals surface area contributed by atoms with Gasteiger partial charge in [-0.3, -0.25) is 28.8 Å². The number of nitro groups is 1. The summed E-state index contributed by atoms with van der Waals surface area (Å²) in [6.45, 7) is 0. The van der Waals surface area contributed by atoms with Gasteiger partial charge in [0.25, 0.3) is 11.0 Å². The highest BCUT2D eigenvalue weighted by Gasteiger charge is 2.24. The Bertz CT molecular complexity index is 887. The summed E-state index contributed by atoms with van der Waals surface area (Å²) in [6, 6.07) is 0. The maximum absolute atomic E-state index is 12.0. The van der Waals surface area contributed by atoms with E-state index < -0.39 is 38.5 Å². The lowest BCUT2D eigenvalue weighted by Gasteiger charge is -2.07. The normalized spacial score (nSPS) is 10.8. The zero-order valence-electron chi connectivity index (χ0n) is 9.96. The highest BCUT2D eigenvalue weighted by molar-refractivity contribution is 5.80. The molecule has 2 aromatic rings. The largest absolute Gasteiger partial charge is 0.379 e. The van der Waals surface area contributed by atoms with Gasteiger partial charge in [-0.15, -0.1) is 0 Å². The van der Waals surface area contributed by atoms with Crippen LogP contribution in [0.25, 0.3) is 11.0 Å². The van der Waals surface area contributed by atoms with Gasteiger partial charge < -0.3 is 10.7 Å². The minimum absolute atomic E-state index is 0.152. The predicted molar refractivity (Wildman–Crippen MR) is 66.1 cm³/mol. The summed E-state index contributed by atoms with van der Waals surface area (Å²) in [5.41, 5.74) is 1.60. The molecule has 0 aliphatic heterocycles. The van der Waals surface area contributed by atoms with E-state index >= 15 is 0 Å². The second kappa shape index (κ2) is 3.80. The number of hydrogen-bond donors (Lipinski definition) is 2. The minimum atomic E-state index is -1.12. The number of H-pyrrole nitrogens is 1. The third-order valence-electron chi connectivity index (χ3n) is 2.80. The summed E-state index contributed by atoms with van der Waals surface area (Å²) >= 11 is 0. The first-order chi connectivity index (χ1) is 8.77. The molecule has 0 saturated heterocycles. The first-order valence-electron chi connectivity index (χ1n) is 5.03. The Kier molecular flexibility index (Phi) is 2.51. The van der Waals surface area contributed by atoms with Gasteiger partial charge in [-0.1, -0.05) is 0 Å². The van der Waals surface area contributed by atoms with Crippen molar-refractivity contribution in [1.82, 2.24) is 14.1 Å². The van der Waals surface area contributed by atoms with Crippen molar-refractivity contribution in [3.8, 4) is 0 Å². The topological polar surface area (TPSA) is 146 Å². The third kappa shape index (κ3) is 1.53. The van der Waals surface area contributed by atoms with Gasteiger partial charge in [0.2, 0.25) is 0 Å². The van der Waals surface area contributed by atoms with Gasteiger partial charge in [0.05, 0.1) is 4.92 Å². The van der Waals surface area contributed by atoms with Crippen LogP contribution in [0.2, 0.25) is 0 Å². The number of rotatable bonds is 1. The number of hydrogen-bond acceptors (Lipinski definition) is 6. The van der Waals surface area contributed by atoms with Crippen LogP contribution in [0.5, 0.6) is 0 Å². The quantitative estimate of drug-likeness (QED) is 0.470. The van der Waals surface area contributed by atoms with E-state index in [4.69, 9.17) is 5.73 Å². The smallest absolute Gasteiger partial charge is 0.356 e. The monoisotopic (exact) mass is 267 g/mol. The summed E-state index contributed by atoms with van der Waals surface area (Å²) in [5, 5.41) is 10.3. The van der Waals surface area contributed by atoms with Crippen LogP contribution < -0.4 is 22.4 Å². The summed E-state index contributed by atoms with van der Waals surface area (Å²) in [5.74, 6) is -0.509. The number of anilines is 1. The van der Waals surface area contributed by atoms with Crippen molar-refractivity contribution in [3.63, 3.8) is 0 Å². The fourth-order valence-corrected chi connectivity index (χ4v) is 1.80. The van der Waals surface area contributed by atoms with Crippen LogP contribution in [-0.4, -0.2) is 19.0 Å². The molecule has 0 amide bonds. The van der Waals surface area contributed by atoms with Crippen LogP contribution in [0.3, 0.4) is 0 Å². The molecule has 3 N–H and O–H groups in total. The van der Waals surface area contributed by atoms with E-state index in [9.17, 15) is 24.5 Å². The summed E-state index contributed by atoms with van der Waals surface area (Å²) in [6.07, 6.45) is 0. The second-order valence-electron chi connectivity index (χ2n) is 3.90. The Morgan fingerprint density at radius 1 is 1.21 bits per heavy atom. The van der Waals surface area contributed by atoms with Crippen LogP contribution >= 0.6 is 0 Å². The number of nitrogens with one attached hydrogen (secondary N) is 1. The van der Waals surface area contributed by atoms with Gasteiger partial charge in [0.15, 0.2) is 5.82 Å². The van der Waals surface area contributed by atoms with E-state index in [0.29, 0.717) is 4.57 Å². The maximum Gasteiger partial charge on any atom is 0.356 e. The van der Waals surface area contributed by atoms with Gasteiger partial charge in [0.1, 0.15) is 11.0 Å². The number of nitrogens with zero attached hydrogens (tertiary/aromatic N) is 3. The molecule has 2 rings (SSSR count). The molecule has 0 bridgehead atoms. The van der Waals surface area contributed by atoms with Gasteiger partial charge >= 0.3 is 11.4 Å². The number of fused-ring (bicyclic) bond motifs is 1. The van der Waals surface area contributed by atoms with Gasteiger partial charge in [0, 0.05) is 14.1 Å². The number of aryl methyl sites for hydroxylation is 1. The Morgan fingerprint density at radius 3 is 2.32 bits per heavy atom. The molecule has 10 nitrogen and oxygen atoms in total. The Hall–Kier alpha value is -2.91. The van der Waals surface area contributed by atoms with E-state index in [1.54, 1.807) is 0 Å². The van der Waals surface area contributed by atoms with Crippen molar-refractivity contribution in [2.45, 2.75) is 0 Å². The summed E-state index contributed by atoms with van der Waals surface area (Å²) in [4.78, 5) is 47.6. The first kappa shape index (κ1) is 12.5. The fourth-order valence-electron chi connectivity index (χ4n) is 1.80. The number of aromatic nitrogens is 3. The Balaban J connectivity index is 3.26. The molecule has 2 heterocycles. The first-order valence-corrected chi connectivity index (χ1v) is 5.03. The van der Waals surface area contributed by atoms with Crippen molar-refractivity contribution in [3.05, 3.63) is 41.2 Å². The maximum atomic E-state index is 12.0. The molecule has 0 spiro atoms. The van der Waals surface area contributed by atoms with Crippen molar-refractivity contribution < 1.29 is 4.92 Å². The van der Waals surface area contributed by atoms with Crippen LogP contribution in [0.4, 0.5) is 11.5 Å². The highest BCUT2D eigenvalue weighted by Crippen LogP contribution is 2.15. The predicted octanol–water partition coefficient (Wildman–Crippen LogP) is -1.58. The average Bonchev–Trinajstić information content (AvgIpc) is 2.32. The lowest BCUT2D eigenvalue weighted by Crippen LogP contribution is -2.39. The molecule has 0 radical (unpaired) electrons. The van der Waals surface area contributed by atoms with Gasteiger partial charge in [-0.25, -0.2) is 4.79 Å². The molecule has 0 fully saturated rings. The molecule has 10 heteroatoms. The summed E-state index contributed by atoms with van der Waals surface area (Å²) in [7, 11) is 2.48. The van der Waals surface area contributed by atoms with Crippen LogP contribution in [0.15, 0.2) is 14.4 Å². The Morgan fingerprint density at radius 2 is 1.79 bits per heavy atom. The molecule has 0 saturated carbocycles. The third-order valence-corrected chi connectivity index (χ3v) is 2.80. The molecule has 19 heavy (non-hydrogen) atoms. The number of nitrogen functional groups attached to an aromatic ring is 1. The number of nitrogens with two attached hydrogens (primary N) is 1. The molecular weight excluding hydrogens is 258 g/mol. The van der Waals surface area contributed by atoms with E-state index in [0.717, 1.165) is 4.57 Å². The van der Waals surface area contributed by atoms with E-state index in [2.05, 4.69) is 4.98 Å². The molecule has 0 atom stereocenters. The molecule has 100 valence electrons. The highest BCUT2D eigenvalue weighted by atomic mass is 16.6. The molecule has 0 aliphatic carbocycles. The lowest BCUT2D eigenvalue weighted by atomic mass is 10.2. The zero-order chi connectivity index (χ0) is 14.5. The molecule has 0 aliphatic rings. The molecular formula is C9H9N5O5. The van der Waals surface area contributed by atoms with E-state index in [1.165, 1.54) is 14.1 Å². The fraction of sp³-hybridized carbons (Fsp3) is 0.222. The van der Waals surface area contributed by atoms with Crippen molar-refractivity contribution in [1.29, 1.82) is 0 Å². The van der Waals surface area contributed by atoms with Gasteiger partial charge in [-0.2, -0.15) is 0 Å². The van der Waals surface area contributed by atoms with E-state index in [-0.39, 0.29) is 5.65 Å². The lowest BCUT2D eigenvalue weighted by molar-refractivity contribution is -0.385. The van der Waals surface area contributed by atoms with Crippen molar-refractivity contribution in [2.24, 2.45) is 14.1 Å². The van der Waals surface area contributed by atoms with Crippen LogP contribution in [0.1, 0.15) is 0 Å². The molecule has 0 unspecified atom stereocenters. The summed E-state index contributed by atoms with van der Waals surface area (Å²) < 4.78 is 1.68. The van der Waals surface area contributed by atoms with Gasteiger partial charge in [-0.05, 0) is 0 Å². The number of aromatic amines is 1. The van der Waals surface area contributed by atoms with Crippen molar-refractivity contribution >= 4 is 22.5 Å². The van der Waals surface area contributed by atoms with Crippen LogP contribution in [-0.2, 0) is 14.1 Å². The number of pyridine rings is 1. The molecule has 0 aromatic carbocycles. The molecule has 2 aromatic heterocycles. The minimum Gasteiger partial charge on any atom is -0.379 e. The van der Waals surface area contributed by atoms with Crippen LogP contribution in [0, 0.1) is 10.1 Å². The zero-order valence-corrected chi connectivity index (χ0v) is 9.96. The van der Waals surface area contributed by atoms with Crippen molar-refractivity contribution in [2.75, 3.05) is 5.73 Å². The SMILES string of the molecule is Cn1c(=O)c2c(=O)c([N+](=O)[O-])c(N)[nH]c2n(C)c1=O. The Labute approximate surface area is 103 Å². The van der Waals surface area contributed by atoms with E-state index in [1.807, 2.05) is 0 Å². The second-order valence-corrected chi connectivity index (χ2v) is 3.90.